The highest BCUT2D eigenvalue weighted by Crippen LogP contribution is 2.25. The van der Waals surface area contributed by atoms with Gasteiger partial charge >= 0.3 is 8.25 Å². The predicted octanol–water partition coefficient (Wildman–Crippen LogP) is 4.21. The highest BCUT2D eigenvalue weighted by Gasteiger charge is 2.04. The van der Waals surface area contributed by atoms with Crippen LogP contribution in [0.4, 0.5) is 0 Å². The van der Waals surface area contributed by atoms with E-state index >= 15 is 0 Å². The van der Waals surface area contributed by atoms with E-state index in [1.165, 1.54) is 12.5 Å². The van der Waals surface area contributed by atoms with Crippen LogP contribution in [0.5, 0.6) is 0 Å². The van der Waals surface area contributed by atoms with E-state index in [4.69, 9.17) is 20.5 Å². The fraction of sp³-hybridized carbons (Fsp3) is 0.500. The van der Waals surface area contributed by atoms with E-state index in [0.717, 1.165) is 0 Å². The molecule has 0 saturated carbocycles. The zero-order valence-corrected chi connectivity index (χ0v) is 15.3. The first kappa shape index (κ1) is 20.4. The zero-order chi connectivity index (χ0) is 17.4. The molecule has 0 radical (unpaired) electrons. The second-order valence-electron chi connectivity index (χ2n) is 7.12. The maximum atomic E-state index is 11.5. The molecule has 0 aliphatic heterocycles. The minimum atomic E-state index is -2.72. The third kappa shape index (κ3) is 13.4. The first-order valence-corrected chi connectivity index (χ1v) is 8.28. The molecule has 0 unspecified atom stereocenters. The Balaban J connectivity index is 4.41. The van der Waals surface area contributed by atoms with E-state index in [1.807, 2.05) is 53.7 Å². The lowest BCUT2D eigenvalue weighted by Crippen LogP contribution is -2.01. The summed E-state index contributed by atoms with van der Waals surface area (Å²) in [7, 11) is -2.72. The summed E-state index contributed by atoms with van der Waals surface area (Å²) in [6.07, 6.45) is 9.67. The van der Waals surface area contributed by atoms with Crippen LogP contribution in [0.2, 0.25) is 0 Å². The van der Waals surface area contributed by atoms with Gasteiger partial charge in [-0.3, -0.25) is 0 Å². The second-order valence-corrected chi connectivity index (χ2v) is 8.09. The van der Waals surface area contributed by atoms with Gasteiger partial charge in [0, 0.05) is 0 Å². The van der Waals surface area contributed by atoms with Crippen LogP contribution in [0.15, 0.2) is 48.2 Å². The normalized spacial score (nSPS) is 16.3. The van der Waals surface area contributed by atoms with E-state index in [2.05, 4.69) is 0 Å². The minimum Gasteiger partial charge on any atom is -0.424 e. The highest BCUT2D eigenvalue weighted by atomic mass is 31.1. The summed E-state index contributed by atoms with van der Waals surface area (Å²) in [6, 6.07) is 0. The smallest absolute Gasteiger partial charge is 0.417 e. The Morgan fingerprint density at radius 2 is 1.14 bits per heavy atom. The topological polar surface area (TPSA) is 87.6 Å². The van der Waals surface area contributed by atoms with E-state index in [-0.39, 0.29) is 10.8 Å². The molecule has 0 aliphatic carbocycles. The molecule has 4 N–H and O–H groups in total. The SMILES string of the molecule is CC(C)(C)C=CC(N)=CO[PH](=O)OC=C(N)C=CC(C)(C)C. The first-order valence-electron chi connectivity index (χ1n) is 7.06. The highest BCUT2D eigenvalue weighted by molar-refractivity contribution is 7.33. The molecule has 0 heterocycles. The van der Waals surface area contributed by atoms with Gasteiger partial charge < -0.3 is 20.5 Å². The van der Waals surface area contributed by atoms with Gasteiger partial charge in [-0.2, -0.15) is 0 Å². The van der Waals surface area contributed by atoms with E-state index in [1.54, 1.807) is 12.2 Å². The fourth-order valence-corrected chi connectivity index (χ4v) is 1.55. The molecular weight excluding hydrogens is 299 g/mol. The summed E-state index contributed by atoms with van der Waals surface area (Å²) in [5.74, 6) is 0. The summed E-state index contributed by atoms with van der Waals surface area (Å²) < 4.78 is 21.4. The summed E-state index contributed by atoms with van der Waals surface area (Å²) in [6.45, 7) is 12.3. The number of allylic oxidation sites excluding steroid dienone is 4. The number of hydrogen-bond donors (Lipinski definition) is 2. The third-order valence-electron chi connectivity index (χ3n) is 2.13. The molecule has 0 fully saturated rings. The monoisotopic (exact) mass is 328 g/mol. The summed E-state index contributed by atoms with van der Waals surface area (Å²) >= 11 is 0. The van der Waals surface area contributed by atoms with Gasteiger partial charge in [0.2, 0.25) is 0 Å². The van der Waals surface area contributed by atoms with E-state index in [0.29, 0.717) is 11.4 Å². The fourth-order valence-electron chi connectivity index (χ4n) is 1.03. The van der Waals surface area contributed by atoms with Gasteiger partial charge in [0.25, 0.3) is 0 Å². The maximum Gasteiger partial charge on any atom is 0.417 e. The van der Waals surface area contributed by atoms with Crippen molar-refractivity contribution >= 4 is 8.25 Å². The molecule has 0 rings (SSSR count). The van der Waals surface area contributed by atoms with Gasteiger partial charge in [-0.05, 0) is 23.0 Å². The van der Waals surface area contributed by atoms with Crippen molar-refractivity contribution in [1.29, 1.82) is 0 Å². The molecule has 0 aromatic rings. The molecule has 0 bridgehead atoms. The molecule has 0 aromatic heterocycles. The lowest BCUT2D eigenvalue weighted by Gasteiger charge is -2.11. The van der Waals surface area contributed by atoms with Gasteiger partial charge in [-0.25, -0.2) is 4.57 Å². The Morgan fingerprint density at radius 3 is 1.41 bits per heavy atom. The minimum absolute atomic E-state index is 0.0107. The average molecular weight is 328 g/mol. The quantitative estimate of drug-likeness (QED) is 0.433. The van der Waals surface area contributed by atoms with Crippen molar-refractivity contribution in [3.63, 3.8) is 0 Å². The Kier molecular flexibility index (Phi) is 8.10. The van der Waals surface area contributed by atoms with Crippen molar-refractivity contribution < 1.29 is 13.6 Å². The van der Waals surface area contributed by atoms with Crippen molar-refractivity contribution in [3.8, 4) is 0 Å². The van der Waals surface area contributed by atoms with Crippen LogP contribution in [0.1, 0.15) is 41.5 Å². The Bertz CT molecular complexity index is 449. The van der Waals surface area contributed by atoms with Crippen molar-refractivity contribution in [2.45, 2.75) is 41.5 Å². The van der Waals surface area contributed by atoms with Gasteiger partial charge in [0.15, 0.2) is 0 Å². The Hall–Kier alpha value is -1.61. The van der Waals surface area contributed by atoms with Crippen molar-refractivity contribution in [2.24, 2.45) is 22.3 Å². The van der Waals surface area contributed by atoms with Crippen molar-refractivity contribution in [2.75, 3.05) is 0 Å². The van der Waals surface area contributed by atoms with Gasteiger partial charge in [0.1, 0.15) is 12.5 Å². The largest absolute Gasteiger partial charge is 0.424 e. The molecular formula is C16H29N2O3P. The van der Waals surface area contributed by atoms with Crippen molar-refractivity contribution in [3.05, 3.63) is 48.2 Å². The van der Waals surface area contributed by atoms with Gasteiger partial charge in [-0.15, -0.1) is 0 Å². The van der Waals surface area contributed by atoms with Crippen LogP contribution in [0, 0.1) is 10.8 Å². The molecule has 0 amide bonds. The molecule has 0 aromatic carbocycles. The maximum absolute atomic E-state index is 11.5. The summed E-state index contributed by atoms with van der Waals surface area (Å²) in [4.78, 5) is 0. The third-order valence-corrected chi connectivity index (χ3v) is 2.75. The molecule has 6 heteroatoms. The second kappa shape index (κ2) is 8.74. The lowest BCUT2D eigenvalue weighted by atomic mass is 9.96. The van der Waals surface area contributed by atoms with E-state index < -0.39 is 8.25 Å². The standard InChI is InChI=1S/C16H29N2O3P/c1-15(2,3)9-7-13(17)11-20-22(19)21-12-14(18)8-10-16(4,5)6/h7-12,22H,17-18H2,1-6H3. The van der Waals surface area contributed by atoms with E-state index in [9.17, 15) is 4.57 Å². The average Bonchev–Trinajstić information content (AvgIpc) is 2.36. The molecule has 22 heavy (non-hydrogen) atoms. The molecule has 126 valence electrons. The van der Waals surface area contributed by atoms with Crippen LogP contribution in [0.3, 0.4) is 0 Å². The molecule has 0 aliphatic rings. The first-order chi connectivity index (χ1) is 9.89. The number of nitrogens with two attached hydrogens (primary N) is 2. The van der Waals surface area contributed by atoms with Gasteiger partial charge in [0.05, 0.1) is 11.4 Å². The van der Waals surface area contributed by atoms with Crippen LogP contribution in [0.25, 0.3) is 0 Å². The number of rotatable bonds is 6. The lowest BCUT2D eigenvalue weighted by molar-refractivity contribution is 0.353. The summed E-state index contributed by atoms with van der Waals surface area (Å²) in [5, 5.41) is 0. The Morgan fingerprint density at radius 1 is 0.818 bits per heavy atom. The molecule has 0 saturated heterocycles. The summed E-state index contributed by atoms with van der Waals surface area (Å²) in [5.41, 5.74) is 12.1. The zero-order valence-electron chi connectivity index (χ0n) is 14.3. The molecule has 0 spiro atoms. The molecule has 5 nitrogen and oxygen atoms in total. The van der Waals surface area contributed by atoms with Crippen LogP contribution >= 0.6 is 8.25 Å². The number of hydrogen-bond acceptors (Lipinski definition) is 5. The van der Waals surface area contributed by atoms with Gasteiger partial charge in [-0.1, -0.05) is 53.7 Å². The van der Waals surface area contributed by atoms with Crippen LogP contribution < -0.4 is 11.5 Å². The van der Waals surface area contributed by atoms with Crippen LogP contribution in [-0.4, -0.2) is 0 Å². The van der Waals surface area contributed by atoms with Crippen LogP contribution in [-0.2, 0) is 13.6 Å². The Labute approximate surface area is 134 Å². The molecule has 0 atom stereocenters. The predicted molar refractivity (Wildman–Crippen MR) is 92.9 cm³/mol. The van der Waals surface area contributed by atoms with Crippen molar-refractivity contribution in [1.82, 2.24) is 0 Å².